The fourth-order valence-electron chi connectivity index (χ4n) is 1.75. The largest absolute Gasteiger partial charge is 0.354 e. The zero-order chi connectivity index (χ0) is 15.0. The molecule has 2 amide bonds. The van der Waals surface area contributed by atoms with E-state index in [1.54, 1.807) is 6.07 Å². The number of amides is 2. The number of hydrogen-bond donors (Lipinski definition) is 2. The third-order valence-electron chi connectivity index (χ3n) is 2.87. The van der Waals surface area contributed by atoms with Crippen LogP contribution in [0.15, 0.2) is 18.3 Å². The average molecular weight is 298 g/mol. The molecule has 1 heterocycles. The standard InChI is InChI=1S/C14H20ClN3O2/c1-3-4-10(2)13(19)17-7-8-18-14(20)11-5-6-16-12(15)9-11/h5-6,9-10H,3-4,7-8H2,1-2H3,(H,17,19)(H,18,20)/t10-/m1/s1. The van der Waals surface area contributed by atoms with E-state index < -0.39 is 0 Å². The van der Waals surface area contributed by atoms with E-state index in [1.165, 1.54) is 12.3 Å². The minimum Gasteiger partial charge on any atom is -0.354 e. The lowest BCUT2D eigenvalue weighted by Gasteiger charge is -2.11. The van der Waals surface area contributed by atoms with Gasteiger partial charge in [-0.1, -0.05) is 31.9 Å². The van der Waals surface area contributed by atoms with Crippen molar-refractivity contribution < 1.29 is 9.59 Å². The van der Waals surface area contributed by atoms with Gasteiger partial charge in [-0.25, -0.2) is 4.98 Å². The Hall–Kier alpha value is -1.62. The Kier molecular flexibility index (Phi) is 7.01. The molecule has 0 radical (unpaired) electrons. The van der Waals surface area contributed by atoms with Gasteiger partial charge in [0.2, 0.25) is 5.91 Å². The van der Waals surface area contributed by atoms with Gasteiger partial charge in [0.25, 0.3) is 5.91 Å². The van der Waals surface area contributed by atoms with Gasteiger partial charge in [0.1, 0.15) is 5.15 Å². The van der Waals surface area contributed by atoms with E-state index in [9.17, 15) is 9.59 Å². The van der Waals surface area contributed by atoms with Crippen LogP contribution in [-0.2, 0) is 4.79 Å². The summed E-state index contributed by atoms with van der Waals surface area (Å²) in [7, 11) is 0. The van der Waals surface area contributed by atoms with Gasteiger partial charge in [0, 0.05) is 30.8 Å². The van der Waals surface area contributed by atoms with Crippen LogP contribution in [0.3, 0.4) is 0 Å². The summed E-state index contributed by atoms with van der Waals surface area (Å²) >= 11 is 5.71. The van der Waals surface area contributed by atoms with Crippen LogP contribution in [0.1, 0.15) is 37.0 Å². The molecule has 5 nitrogen and oxygen atoms in total. The molecule has 0 fully saturated rings. The number of nitrogens with zero attached hydrogens (tertiary/aromatic N) is 1. The summed E-state index contributed by atoms with van der Waals surface area (Å²) in [6.45, 7) is 4.74. The average Bonchev–Trinajstić information content (AvgIpc) is 2.43. The predicted octanol–water partition coefficient (Wildman–Crippen LogP) is 2.02. The van der Waals surface area contributed by atoms with Crippen LogP contribution in [-0.4, -0.2) is 29.9 Å². The highest BCUT2D eigenvalue weighted by Crippen LogP contribution is 2.06. The Labute approximate surface area is 124 Å². The lowest BCUT2D eigenvalue weighted by molar-refractivity contribution is -0.124. The molecule has 0 saturated heterocycles. The number of halogens is 1. The molecule has 0 unspecified atom stereocenters. The fraction of sp³-hybridized carbons (Fsp3) is 0.500. The van der Waals surface area contributed by atoms with Crippen LogP contribution >= 0.6 is 11.6 Å². The fourth-order valence-corrected chi connectivity index (χ4v) is 1.92. The second kappa shape index (κ2) is 8.53. The number of carbonyl (C=O) groups excluding carboxylic acids is 2. The quantitative estimate of drug-likeness (QED) is 0.597. The normalized spacial score (nSPS) is 11.8. The molecular formula is C14H20ClN3O2. The molecule has 0 aliphatic heterocycles. The Morgan fingerprint density at radius 2 is 2.05 bits per heavy atom. The van der Waals surface area contributed by atoms with E-state index in [4.69, 9.17) is 11.6 Å². The Morgan fingerprint density at radius 1 is 1.35 bits per heavy atom. The van der Waals surface area contributed by atoms with Crippen LogP contribution < -0.4 is 10.6 Å². The van der Waals surface area contributed by atoms with Crippen LogP contribution in [0, 0.1) is 5.92 Å². The zero-order valence-corrected chi connectivity index (χ0v) is 12.5. The van der Waals surface area contributed by atoms with Gasteiger partial charge in [0.05, 0.1) is 0 Å². The maximum Gasteiger partial charge on any atom is 0.251 e. The van der Waals surface area contributed by atoms with Crippen LogP contribution in [0.4, 0.5) is 0 Å². The van der Waals surface area contributed by atoms with Gasteiger partial charge in [-0.3, -0.25) is 9.59 Å². The second-order valence-electron chi connectivity index (χ2n) is 4.60. The molecular weight excluding hydrogens is 278 g/mol. The maximum atomic E-state index is 11.8. The molecule has 1 aromatic rings. The summed E-state index contributed by atoms with van der Waals surface area (Å²) in [5, 5.41) is 5.78. The van der Waals surface area contributed by atoms with Crippen LogP contribution in [0.2, 0.25) is 5.15 Å². The number of aromatic nitrogens is 1. The van der Waals surface area contributed by atoms with E-state index >= 15 is 0 Å². The highest BCUT2D eigenvalue weighted by atomic mass is 35.5. The predicted molar refractivity (Wildman–Crippen MR) is 78.7 cm³/mol. The Balaban J connectivity index is 2.27. The summed E-state index contributed by atoms with van der Waals surface area (Å²) in [4.78, 5) is 27.2. The van der Waals surface area contributed by atoms with E-state index in [2.05, 4.69) is 15.6 Å². The Bertz CT molecular complexity index is 465. The van der Waals surface area contributed by atoms with Crippen molar-refractivity contribution in [3.63, 3.8) is 0 Å². The molecule has 0 aliphatic rings. The molecule has 0 aromatic carbocycles. The topological polar surface area (TPSA) is 71.1 Å². The van der Waals surface area contributed by atoms with Crippen LogP contribution in [0.5, 0.6) is 0 Å². The molecule has 0 aliphatic carbocycles. The minimum absolute atomic E-state index is 0.00899. The van der Waals surface area contributed by atoms with Crippen molar-refractivity contribution in [1.29, 1.82) is 0 Å². The van der Waals surface area contributed by atoms with E-state index in [0.717, 1.165) is 12.8 Å². The molecule has 20 heavy (non-hydrogen) atoms. The summed E-state index contributed by atoms with van der Waals surface area (Å²) in [6.07, 6.45) is 3.33. The summed E-state index contributed by atoms with van der Waals surface area (Å²) in [5.74, 6) is -0.201. The minimum atomic E-state index is -0.231. The molecule has 0 bridgehead atoms. The molecule has 0 saturated carbocycles. The highest BCUT2D eigenvalue weighted by Gasteiger charge is 2.11. The monoisotopic (exact) mass is 297 g/mol. The summed E-state index contributed by atoms with van der Waals surface area (Å²) in [5.41, 5.74) is 0.454. The molecule has 1 atom stereocenters. The van der Waals surface area contributed by atoms with Gasteiger partial charge >= 0.3 is 0 Å². The SMILES string of the molecule is CCC[C@@H](C)C(=O)NCCNC(=O)c1ccnc(Cl)c1. The first-order valence-corrected chi connectivity index (χ1v) is 7.09. The highest BCUT2D eigenvalue weighted by molar-refractivity contribution is 6.29. The first-order chi connectivity index (χ1) is 9.54. The van der Waals surface area contributed by atoms with Crippen LogP contribution in [0.25, 0.3) is 0 Å². The zero-order valence-electron chi connectivity index (χ0n) is 11.8. The van der Waals surface area contributed by atoms with Crippen molar-refractivity contribution in [3.05, 3.63) is 29.0 Å². The van der Waals surface area contributed by atoms with Gasteiger partial charge in [-0.15, -0.1) is 0 Å². The van der Waals surface area contributed by atoms with Crippen molar-refractivity contribution in [1.82, 2.24) is 15.6 Å². The summed E-state index contributed by atoms with van der Waals surface area (Å²) < 4.78 is 0. The first kappa shape index (κ1) is 16.4. The van der Waals surface area contributed by atoms with Crippen molar-refractivity contribution >= 4 is 23.4 Å². The number of pyridine rings is 1. The molecule has 1 aromatic heterocycles. The van der Waals surface area contributed by atoms with E-state index in [-0.39, 0.29) is 22.9 Å². The van der Waals surface area contributed by atoms with Gasteiger partial charge in [0.15, 0.2) is 0 Å². The van der Waals surface area contributed by atoms with Gasteiger partial charge in [-0.2, -0.15) is 0 Å². The third kappa shape index (κ3) is 5.57. The first-order valence-electron chi connectivity index (χ1n) is 6.72. The number of rotatable bonds is 7. The van der Waals surface area contributed by atoms with Gasteiger partial charge in [-0.05, 0) is 18.6 Å². The molecule has 1 rings (SSSR count). The van der Waals surface area contributed by atoms with Crippen molar-refractivity contribution in [2.45, 2.75) is 26.7 Å². The third-order valence-corrected chi connectivity index (χ3v) is 3.07. The van der Waals surface area contributed by atoms with Crippen molar-refractivity contribution in [2.24, 2.45) is 5.92 Å². The second-order valence-corrected chi connectivity index (χ2v) is 4.99. The van der Waals surface area contributed by atoms with Gasteiger partial charge < -0.3 is 10.6 Å². The maximum absolute atomic E-state index is 11.8. The number of carbonyl (C=O) groups is 2. The Morgan fingerprint density at radius 3 is 2.70 bits per heavy atom. The molecule has 6 heteroatoms. The van der Waals surface area contributed by atoms with Crippen molar-refractivity contribution in [2.75, 3.05) is 13.1 Å². The van der Waals surface area contributed by atoms with E-state index in [1.807, 2.05) is 13.8 Å². The number of hydrogen-bond acceptors (Lipinski definition) is 3. The lowest BCUT2D eigenvalue weighted by Crippen LogP contribution is -2.37. The molecule has 0 spiro atoms. The molecule has 110 valence electrons. The van der Waals surface area contributed by atoms with E-state index in [0.29, 0.717) is 18.7 Å². The summed E-state index contributed by atoms with van der Waals surface area (Å²) in [6, 6.07) is 3.09. The molecule has 2 N–H and O–H groups in total. The smallest absolute Gasteiger partial charge is 0.251 e. The lowest BCUT2D eigenvalue weighted by atomic mass is 10.1. The number of nitrogens with one attached hydrogen (secondary N) is 2. The van der Waals surface area contributed by atoms with Crippen molar-refractivity contribution in [3.8, 4) is 0 Å².